The second-order valence-corrected chi connectivity index (χ2v) is 4.55. The SMILES string of the molecule is CCCCn1cnc2c(N)nnc(OC(C)C)c21. The Balaban J connectivity index is 2.49. The number of aryl methyl sites for hydroxylation is 1. The molecular formula is C12H19N5O. The molecule has 0 aliphatic heterocycles. The second-order valence-electron chi connectivity index (χ2n) is 4.55. The van der Waals surface area contributed by atoms with Gasteiger partial charge in [0.1, 0.15) is 11.0 Å². The van der Waals surface area contributed by atoms with Gasteiger partial charge in [-0.05, 0) is 20.3 Å². The number of nitrogen functional groups attached to an aromatic ring is 1. The Morgan fingerprint density at radius 2 is 2.17 bits per heavy atom. The highest BCUT2D eigenvalue weighted by molar-refractivity contribution is 5.88. The number of hydrogen-bond donors (Lipinski definition) is 1. The van der Waals surface area contributed by atoms with E-state index in [1.807, 2.05) is 18.4 Å². The third-order valence-corrected chi connectivity index (χ3v) is 2.63. The summed E-state index contributed by atoms with van der Waals surface area (Å²) in [7, 11) is 0. The van der Waals surface area contributed by atoms with Crippen LogP contribution < -0.4 is 10.5 Å². The molecule has 98 valence electrons. The van der Waals surface area contributed by atoms with Crippen LogP contribution in [0, 0.1) is 0 Å². The Morgan fingerprint density at radius 3 is 2.83 bits per heavy atom. The molecule has 0 amide bonds. The number of hydrogen-bond acceptors (Lipinski definition) is 5. The molecule has 2 aromatic heterocycles. The number of ether oxygens (including phenoxy) is 1. The molecule has 6 heteroatoms. The Kier molecular flexibility index (Phi) is 3.64. The molecule has 0 aliphatic carbocycles. The molecule has 0 spiro atoms. The summed E-state index contributed by atoms with van der Waals surface area (Å²) in [6.07, 6.45) is 4.01. The molecule has 2 N–H and O–H groups in total. The van der Waals surface area contributed by atoms with Gasteiger partial charge in [0.15, 0.2) is 5.82 Å². The quantitative estimate of drug-likeness (QED) is 0.876. The molecule has 0 saturated heterocycles. The van der Waals surface area contributed by atoms with Crippen molar-refractivity contribution in [2.45, 2.75) is 46.3 Å². The summed E-state index contributed by atoms with van der Waals surface area (Å²) in [5.74, 6) is 0.846. The highest BCUT2D eigenvalue weighted by atomic mass is 16.5. The van der Waals surface area contributed by atoms with Crippen LogP contribution >= 0.6 is 0 Å². The highest BCUT2D eigenvalue weighted by Crippen LogP contribution is 2.26. The molecule has 2 rings (SSSR count). The maximum Gasteiger partial charge on any atom is 0.260 e. The van der Waals surface area contributed by atoms with Crippen molar-refractivity contribution >= 4 is 16.9 Å². The van der Waals surface area contributed by atoms with Crippen molar-refractivity contribution in [3.63, 3.8) is 0 Å². The molecule has 0 bridgehead atoms. The van der Waals surface area contributed by atoms with E-state index in [1.165, 1.54) is 0 Å². The predicted molar refractivity (Wildman–Crippen MR) is 70.4 cm³/mol. The van der Waals surface area contributed by atoms with E-state index in [2.05, 4.69) is 22.1 Å². The average molecular weight is 249 g/mol. The van der Waals surface area contributed by atoms with E-state index in [4.69, 9.17) is 10.5 Å². The van der Waals surface area contributed by atoms with Crippen LogP contribution in [0.5, 0.6) is 5.88 Å². The number of nitrogens with zero attached hydrogens (tertiary/aromatic N) is 4. The molecule has 0 fully saturated rings. The number of fused-ring (bicyclic) bond motifs is 1. The number of anilines is 1. The molecule has 2 heterocycles. The molecular weight excluding hydrogens is 230 g/mol. The fourth-order valence-corrected chi connectivity index (χ4v) is 1.79. The van der Waals surface area contributed by atoms with Gasteiger partial charge in [-0.15, -0.1) is 10.2 Å². The van der Waals surface area contributed by atoms with Gasteiger partial charge in [0.25, 0.3) is 5.88 Å². The zero-order valence-corrected chi connectivity index (χ0v) is 11.1. The van der Waals surface area contributed by atoms with Crippen molar-refractivity contribution in [3.05, 3.63) is 6.33 Å². The van der Waals surface area contributed by atoms with Gasteiger partial charge in [-0.1, -0.05) is 13.3 Å². The molecule has 0 saturated carbocycles. The minimum absolute atomic E-state index is 0.0423. The first-order chi connectivity index (χ1) is 8.63. The topological polar surface area (TPSA) is 78.9 Å². The van der Waals surface area contributed by atoms with Crippen LogP contribution in [0.25, 0.3) is 11.0 Å². The predicted octanol–water partition coefficient (Wildman–Crippen LogP) is 2.00. The van der Waals surface area contributed by atoms with Crippen LogP contribution in [-0.2, 0) is 6.54 Å². The summed E-state index contributed by atoms with van der Waals surface area (Å²) in [6, 6.07) is 0. The molecule has 0 aromatic carbocycles. The minimum atomic E-state index is 0.0423. The molecule has 0 radical (unpaired) electrons. The van der Waals surface area contributed by atoms with E-state index in [0.717, 1.165) is 24.9 Å². The van der Waals surface area contributed by atoms with E-state index in [9.17, 15) is 0 Å². The van der Waals surface area contributed by atoms with Gasteiger partial charge in [-0.2, -0.15) is 0 Å². The molecule has 0 aliphatic rings. The van der Waals surface area contributed by atoms with Crippen molar-refractivity contribution in [1.82, 2.24) is 19.7 Å². The first kappa shape index (κ1) is 12.6. The van der Waals surface area contributed by atoms with Crippen LogP contribution in [0.2, 0.25) is 0 Å². The third kappa shape index (κ3) is 2.37. The molecule has 6 nitrogen and oxygen atoms in total. The van der Waals surface area contributed by atoms with Crippen LogP contribution in [0.3, 0.4) is 0 Å². The number of aromatic nitrogens is 4. The van der Waals surface area contributed by atoms with E-state index in [0.29, 0.717) is 17.2 Å². The Bertz CT molecular complexity index is 534. The standard InChI is InChI=1S/C12H19N5O/c1-4-5-6-17-7-14-9-10(17)12(18-8(2)3)16-15-11(9)13/h7-8H,4-6H2,1-3H3,(H2,13,15). The average Bonchev–Trinajstić information content (AvgIpc) is 2.74. The van der Waals surface area contributed by atoms with Crippen LogP contribution in [0.4, 0.5) is 5.82 Å². The Morgan fingerprint density at radius 1 is 1.39 bits per heavy atom. The van der Waals surface area contributed by atoms with Crippen molar-refractivity contribution in [2.75, 3.05) is 5.73 Å². The Hall–Kier alpha value is -1.85. The van der Waals surface area contributed by atoms with Gasteiger partial charge < -0.3 is 15.0 Å². The normalized spacial score (nSPS) is 11.3. The van der Waals surface area contributed by atoms with Crippen LogP contribution in [0.15, 0.2) is 6.33 Å². The monoisotopic (exact) mass is 249 g/mol. The van der Waals surface area contributed by atoms with Gasteiger partial charge in [0, 0.05) is 6.54 Å². The van der Waals surface area contributed by atoms with Gasteiger partial charge in [-0.25, -0.2) is 4.98 Å². The van der Waals surface area contributed by atoms with Crippen LogP contribution in [0.1, 0.15) is 33.6 Å². The van der Waals surface area contributed by atoms with E-state index in [-0.39, 0.29) is 6.10 Å². The lowest BCUT2D eigenvalue weighted by Gasteiger charge is -2.11. The molecule has 2 aromatic rings. The summed E-state index contributed by atoms with van der Waals surface area (Å²) < 4.78 is 7.70. The largest absolute Gasteiger partial charge is 0.472 e. The van der Waals surface area contributed by atoms with Crippen molar-refractivity contribution in [3.8, 4) is 5.88 Å². The molecule has 18 heavy (non-hydrogen) atoms. The number of nitrogens with two attached hydrogens (primary N) is 1. The fraction of sp³-hybridized carbons (Fsp3) is 0.583. The second kappa shape index (κ2) is 5.20. The zero-order chi connectivity index (χ0) is 13.1. The summed E-state index contributed by atoms with van der Waals surface area (Å²) in [4.78, 5) is 4.29. The van der Waals surface area contributed by atoms with Crippen molar-refractivity contribution < 1.29 is 4.74 Å². The minimum Gasteiger partial charge on any atom is -0.472 e. The summed E-state index contributed by atoms with van der Waals surface area (Å²) in [5.41, 5.74) is 7.29. The number of rotatable bonds is 5. The lowest BCUT2D eigenvalue weighted by Crippen LogP contribution is -2.10. The summed E-state index contributed by atoms with van der Waals surface area (Å²) in [6.45, 7) is 6.94. The first-order valence-electron chi connectivity index (χ1n) is 6.27. The van der Waals surface area contributed by atoms with E-state index < -0.39 is 0 Å². The summed E-state index contributed by atoms with van der Waals surface area (Å²) >= 11 is 0. The lowest BCUT2D eigenvalue weighted by molar-refractivity contribution is 0.232. The van der Waals surface area contributed by atoms with Crippen molar-refractivity contribution in [2.24, 2.45) is 0 Å². The smallest absolute Gasteiger partial charge is 0.260 e. The highest BCUT2D eigenvalue weighted by Gasteiger charge is 2.15. The van der Waals surface area contributed by atoms with Gasteiger partial charge in [0.05, 0.1) is 12.4 Å². The zero-order valence-electron chi connectivity index (χ0n) is 11.1. The third-order valence-electron chi connectivity index (χ3n) is 2.63. The van der Waals surface area contributed by atoms with E-state index >= 15 is 0 Å². The summed E-state index contributed by atoms with van der Waals surface area (Å²) in [5, 5.41) is 7.91. The Labute approximate surface area is 106 Å². The van der Waals surface area contributed by atoms with Crippen molar-refractivity contribution in [1.29, 1.82) is 0 Å². The van der Waals surface area contributed by atoms with E-state index in [1.54, 1.807) is 6.33 Å². The number of unbranched alkanes of at least 4 members (excludes halogenated alkanes) is 1. The maximum absolute atomic E-state index is 5.79. The van der Waals surface area contributed by atoms with Gasteiger partial charge in [-0.3, -0.25) is 0 Å². The van der Waals surface area contributed by atoms with Crippen LogP contribution in [-0.4, -0.2) is 25.9 Å². The maximum atomic E-state index is 5.79. The number of imidazole rings is 1. The lowest BCUT2D eigenvalue weighted by atomic mass is 10.3. The van der Waals surface area contributed by atoms with Gasteiger partial charge in [0.2, 0.25) is 0 Å². The first-order valence-corrected chi connectivity index (χ1v) is 6.27. The molecule has 0 atom stereocenters. The fourth-order valence-electron chi connectivity index (χ4n) is 1.79. The van der Waals surface area contributed by atoms with Gasteiger partial charge >= 0.3 is 0 Å². The molecule has 0 unspecified atom stereocenters.